The molecule has 0 aromatic rings. The Kier molecular flexibility index (Phi) is 6.45. The zero-order valence-electron chi connectivity index (χ0n) is 11.8. The molecule has 2 N–H and O–H groups in total. The third-order valence-electron chi connectivity index (χ3n) is 4.38. The average molecular weight is 242 g/mol. The van der Waals surface area contributed by atoms with Gasteiger partial charge >= 0.3 is 0 Å². The second-order valence-electron chi connectivity index (χ2n) is 5.92. The molecule has 1 rings (SSSR count). The van der Waals surface area contributed by atoms with Gasteiger partial charge in [-0.3, -0.25) is 0 Å². The Labute approximate surface area is 107 Å². The fourth-order valence-corrected chi connectivity index (χ4v) is 2.47. The Hall–Kier alpha value is -0.120. The summed E-state index contributed by atoms with van der Waals surface area (Å²) in [6, 6.07) is 0.812. The maximum Gasteiger partial charge on any atom is 0.0496 e. The molecule has 0 amide bonds. The Morgan fingerprint density at radius 2 is 2.00 bits per heavy atom. The van der Waals surface area contributed by atoms with Gasteiger partial charge in [-0.15, -0.1) is 0 Å². The third kappa shape index (κ3) is 4.94. The predicted octanol–water partition coefficient (Wildman–Crippen LogP) is 1.86. The molecule has 0 aliphatic heterocycles. The van der Waals surface area contributed by atoms with Gasteiger partial charge in [-0.2, -0.15) is 0 Å². The van der Waals surface area contributed by atoms with Crippen LogP contribution in [0.15, 0.2) is 0 Å². The summed E-state index contributed by atoms with van der Waals surface area (Å²) >= 11 is 0. The van der Waals surface area contributed by atoms with Crippen molar-refractivity contribution in [3.8, 4) is 0 Å². The number of aliphatic hydroxyl groups is 1. The number of nitrogens with zero attached hydrogens (tertiary/aromatic N) is 1. The molecule has 17 heavy (non-hydrogen) atoms. The third-order valence-corrected chi connectivity index (χ3v) is 4.38. The summed E-state index contributed by atoms with van der Waals surface area (Å²) in [4.78, 5) is 2.49. The van der Waals surface area contributed by atoms with Crippen LogP contribution in [-0.2, 0) is 0 Å². The van der Waals surface area contributed by atoms with Gasteiger partial charge in [0, 0.05) is 37.7 Å². The number of nitrogens with one attached hydrogen (secondary N) is 1. The van der Waals surface area contributed by atoms with E-state index in [1.165, 1.54) is 25.7 Å². The fourth-order valence-electron chi connectivity index (χ4n) is 2.47. The SMILES string of the molecule is CCC(C)(CO)CNCCN(C)C1CCCC1. The van der Waals surface area contributed by atoms with E-state index in [2.05, 4.69) is 31.1 Å². The molecule has 1 unspecified atom stereocenters. The molecule has 1 aliphatic carbocycles. The molecule has 0 saturated heterocycles. The van der Waals surface area contributed by atoms with Crippen LogP contribution in [0.5, 0.6) is 0 Å². The number of aliphatic hydroxyl groups excluding tert-OH is 1. The predicted molar refractivity (Wildman–Crippen MR) is 73.2 cm³/mol. The van der Waals surface area contributed by atoms with Crippen molar-refractivity contribution in [2.75, 3.05) is 33.3 Å². The van der Waals surface area contributed by atoms with Crippen LogP contribution in [0.3, 0.4) is 0 Å². The average Bonchev–Trinajstić information content (AvgIpc) is 2.88. The molecule has 1 aliphatic rings. The molecule has 3 heteroatoms. The van der Waals surface area contributed by atoms with Gasteiger partial charge in [0.2, 0.25) is 0 Å². The van der Waals surface area contributed by atoms with Gasteiger partial charge in [0.15, 0.2) is 0 Å². The maximum absolute atomic E-state index is 9.32. The second kappa shape index (κ2) is 7.34. The van der Waals surface area contributed by atoms with E-state index in [0.717, 1.165) is 32.1 Å². The highest BCUT2D eigenvalue weighted by Gasteiger charge is 2.21. The van der Waals surface area contributed by atoms with E-state index in [9.17, 15) is 5.11 Å². The minimum Gasteiger partial charge on any atom is -0.396 e. The molecule has 102 valence electrons. The lowest BCUT2D eigenvalue weighted by molar-refractivity contribution is 0.133. The zero-order chi connectivity index (χ0) is 12.7. The lowest BCUT2D eigenvalue weighted by Crippen LogP contribution is -2.40. The van der Waals surface area contributed by atoms with Crippen molar-refractivity contribution in [1.29, 1.82) is 0 Å². The molecular weight excluding hydrogens is 212 g/mol. The summed E-state index contributed by atoms with van der Waals surface area (Å²) in [7, 11) is 2.24. The van der Waals surface area contributed by atoms with Gasteiger partial charge in [0.25, 0.3) is 0 Å². The summed E-state index contributed by atoms with van der Waals surface area (Å²) in [6.07, 6.45) is 6.58. The van der Waals surface area contributed by atoms with E-state index in [0.29, 0.717) is 0 Å². The van der Waals surface area contributed by atoms with Crippen LogP contribution in [0, 0.1) is 5.41 Å². The topological polar surface area (TPSA) is 35.5 Å². The van der Waals surface area contributed by atoms with E-state index >= 15 is 0 Å². The molecule has 1 saturated carbocycles. The summed E-state index contributed by atoms with van der Waals surface area (Å²) in [5, 5.41) is 12.8. The Balaban J connectivity index is 2.10. The normalized spacial score (nSPS) is 21.0. The number of hydrogen-bond acceptors (Lipinski definition) is 3. The van der Waals surface area contributed by atoms with Crippen molar-refractivity contribution in [1.82, 2.24) is 10.2 Å². The zero-order valence-corrected chi connectivity index (χ0v) is 11.8. The highest BCUT2D eigenvalue weighted by Crippen LogP contribution is 2.22. The summed E-state index contributed by atoms with van der Waals surface area (Å²) in [6.45, 7) is 7.62. The standard InChI is InChI=1S/C14H30N2O/c1-4-14(2,12-17)11-15-9-10-16(3)13-7-5-6-8-13/h13,15,17H,4-12H2,1-3H3. The van der Waals surface area contributed by atoms with E-state index < -0.39 is 0 Å². The lowest BCUT2D eigenvalue weighted by atomic mass is 9.89. The van der Waals surface area contributed by atoms with Crippen LogP contribution in [0.4, 0.5) is 0 Å². The van der Waals surface area contributed by atoms with Crippen LogP contribution >= 0.6 is 0 Å². The monoisotopic (exact) mass is 242 g/mol. The van der Waals surface area contributed by atoms with Gasteiger partial charge < -0.3 is 15.3 Å². The van der Waals surface area contributed by atoms with E-state index in [1.807, 2.05) is 0 Å². The first-order chi connectivity index (χ1) is 8.11. The van der Waals surface area contributed by atoms with E-state index in [4.69, 9.17) is 0 Å². The molecule has 0 aromatic carbocycles. The molecular formula is C14H30N2O. The first-order valence-electron chi connectivity index (χ1n) is 7.13. The maximum atomic E-state index is 9.32. The Morgan fingerprint density at radius 3 is 2.53 bits per heavy atom. The molecule has 0 spiro atoms. The van der Waals surface area contributed by atoms with Crippen LogP contribution < -0.4 is 5.32 Å². The van der Waals surface area contributed by atoms with Crippen LogP contribution in [0.2, 0.25) is 0 Å². The van der Waals surface area contributed by atoms with Crippen LogP contribution in [0.25, 0.3) is 0 Å². The largest absolute Gasteiger partial charge is 0.396 e. The summed E-state index contributed by atoms with van der Waals surface area (Å²) in [5.41, 5.74) is 0.0475. The van der Waals surface area contributed by atoms with Crippen LogP contribution in [-0.4, -0.2) is 49.3 Å². The minimum atomic E-state index is 0.0475. The van der Waals surface area contributed by atoms with Crippen molar-refractivity contribution in [2.45, 2.75) is 52.0 Å². The second-order valence-corrected chi connectivity index (χ2v) is 5.92. The van der Waals surface area contributed by atoms with E-state index in [1.54, 1.807) is 0 Å². The van der Waals surface area contributed by atoms with Gasteiger partial charge in [-0.05, 0) is 26.3 Å². The number of rotatable bonds is 8. The fraction of sp³-hybridized carbons (Fsp3) is 1.00. The van der Waals surface area contributed by atoms with Gasteiger partial charge in [0.1, 0.15) is 0 Å². The van der Waals surface area contributed by atoms with Gasteiger partial charge in [-0.1, -0.05) is 26.7 Å². The molecule has 0 heterocycles. The smallest absolute Gasteiger partial charge is 0.0496 e. The molecule has 1 fully saturated rings. The molecule has 3 nitrogen and oxygen atoms in total. The quantitative estimate of drug-likeness (QED) is 0.638. The first-order valence-corrected chi connectivity index (χ1v) is 7.13. The van der Waals surface area contributed by atoms with Gasteiger partial charge in [0.05, 0.1) is 0 Å². The van der Waals surface area contributed by atoms with Crippen molar-refractivity contribution in [3.63, 3.8) is 0 Å². The Morgan fingerprint density at radius 1 is 1.35 bits per heavy atom. The minimum absolute atomic E-state index is 0.0475. The van der Waals surface area contributed by atoms with Crippen molar-refractivity contribution in [2.24, 2.45) is 5.41 Å². The first kappa shape index (κ1) is 14.9. The molecule has 0 bridgehead atoms. The molecule has 0 radical (unpaired) electrons. The van der Waals surface area contributed by atoms with Crippen molar-refractivity contribution < 1.29 is 5.11 Å². The highest BCUT2D eigenvalue weighted by atomic mass is 16.3. The van der Waals surface area contributed by atoms with Gasteiger partial charge in [-0.25, -0.2) is 0 Å². The number of likely N-dealkylation sites (N-methyl/N-ethyl adjacent to an activating group) is 1. The molecule has 0 aromatic heterocycles. The summed E-state index contributed by atoms with van der Waals surface area (Å²) < 4.78 is 0. The number of hydrogen-bond donors (Lipinski definition) is 2. The van der Waals surface area contributed by atoms with Crippen LogP contribution in [0.1, 0.15) is 46.0 Å². The molecule has 1 atom stereocenters. The Bertz CT molecular complexity index is 198. The van der Waals surface area contributed by atoms with Crippen molar-refractivity contribution in [3.05, 3.63) is 0 Å². The highest BCUT2D eigenvalue weighted by molar-refractivity contribution is 4.77. The summed E-state index contributed by atoms with van der Waals surface area (Å²) in [5.74, 6) is 0. The van der Waals surface area contributed by atoms with Crippen molar-refractivity contribution >= 4 is 0 Å². The van der Waals surface area contributed by atoms with E-state index in [-0.39, 0.29) is 12.0 Å². The lowest BCUT2D eigenvalue weighted by Gasteiger charge is -2.28.